The molecule has 9 nitrogen and oxygen atoms in total. The smallest absolute Gasteiger partial charge is 0.324 e. The molecule has 1 aliphatic heterocycles. The second kappa shape index (κ2) is 12.0. The number of hydrogen-bond donors (Lipinski definition) is 2. The summed E-state index contributed by atoms with van der Waals surface area (Å²) in [6.45, 7) is 14.8. The van der Waals surface area contributed by atoms with Crippen LogP contribution in [0.1, 0.15) is 53.2 Å². The molecule has 2 amide bonds. The first-order chi connectivity index (χ1) is 20.6. The predicted molar refractivity (Wildman–Crippen MR) is 173 cm³/mol. The van der Waals surface area contributed by atoms with E-state index in [2.05, 4.69) is 57.3 Å². The van der Waals surface area contributed by atoms with Gasteiger partial charge >= 0.3 is 6.03 Å². The van der Waals surface area contributed by atoms with Crippen LogP contribution in [-0.4, -0.2) is 51.7 Å². The minimum absolute atomic E-state index is 0.186. The molecule has 0 unspecified atom stereocenters. The molecule has 1 fully saturated rings. The molecule has 1 saturated heterocycles. The quantitative estimate of drug-likeness (QED) is 0.188. The maximum Gasteiger partial charge on any atom is 0.324 e. The third-order valence-electron chi connectivity index (χ3n) is 8.25. The summed E-state index contributed by atoms with van der Waals surface area (Å²) >= 11 is 1.65. The molecule has 0 saturated carbocycles. The Kier molecular flexibility index (Phi) is 8.15. The zero-order valence-corrected chi connectivity index (χ0v) is 26.3. The number of imidazole rings is 1. The molecule has 0 spiro atoms. The molecule has 1 aliphatic rings. The van der Waals surface area contributed by atoms with Crippen LogP contribution in [0, 0.1) is 11.8 Å². The number of urea groups is 1. The van der Waals surface area contributed by atoms with Gasteiger partial charge in [0, 0.05) is 35.5 Å². The Hall–Kier alpha value is -3.89. The molecule has 0 radical (unpaired) electrons. The minimum atomic E-state index is -0.384. The van der Waals surface area contributed by atoms with E-state index in [-0.39, 0.29) is 11.4 Å². The topological polar surface area (TPSA) is 96.9 Å². The molecule has 0 atom stereocenters. The van der Waals surface area contributed by atoms with Crippen molar-refractivity contribution < 1.29 is 14.1 Å². The van der Waals surface area contributed by atoms with Crippen molar-refractivity contribution in [2.24, 2.45) is 11.8 Å². The van der Waals surface area contributed by atoms with Crippen LogP contribution in [0.25, 0.3) is 26.4 Å². The summed E-state index contributed by atoms with van der Waals surface area (Å²) in [5, 5.41) is 9.48. The van der Waals surface area contributed by atoms with Crippen LogP contribution in [0.15, 0.2) is 59.3 Å². The predicted octanol–water partition coefficient (Wildman–Crippen LogP) is 7.89. The van der Waals surface area contributed by atoms with E-state index in [1.165, 1.54) is 25.9 Å². The fourth-order valence-electron chi connectivity index (χ4n) is 5.54. The number of nitrogens with zero attached hydrogens (tertiary/aromatic N) is 4. The standard InChI is InChI=1S/C33H40N6O3S/c1-21(2)22-12-14-38(15-13-22)16-17-41-25-10-11-27-28(18-25)43-32-35-26(20-39(27)32)23-6-8-24(9-7-23)34-31(40)36-30-19-29(42-37-30)33(3,4)5/h6-11,18-22H,12-17H2,1-5H3,(H2,34,36,37,40). The Bertz CT molecular complexity index is 1700. The zero-order valence-electron chi connectivity index (χ0n) is 25.5. The largest absolute Gasteiger partial charge is 0.492 e. The summed E-state index contributed by atoms with van der Waals surface area (Å²) in [6.07, 6.45) is 4.65. The molecule has 43 heavy (non-hydrogen) atoms. The fraction of sp³-hybridized carbons (Fsp3) is 0.424. The van der Waals surface area contributed by atoms with E-state index in [0.717, 1.165) is 50.6 Å². The summed E-state index contributed by atoms with van der Waals surface area (Å²) in [5.74, 6) is 3.63. The second-order valence-electron chi connectivity index (χ2n) is 12.8. The SMILES string of the molecule is CC(C)C1CCN(CCOc2ccc3c(c2)sc2nc(-c4ccc(NC(=O)Nc5cc(C(C)(C)C)on5)cc4)cn23)CC1. The number of nitrogens with one attached hydrogen (secondary N) is 2. The van der Waals surface area contributed by atoms with Gasteiger partial charge in [-0.15, -0.1) is 0 Å². The Morgan fingerprint density at radius 1 is 1.09 bits per heavy atom. The van der Waals surface area contributed by atoms with Crippen LogP contribution in [0.3, 0.4) is 0 Å². The molecule has 4 heterocycles. The van der Waals surface area contributed by atoms with Crippen molar-refractivity contribution >= 4 is 44.1 Å². The van der Waals surface area contributed by atoms with E-state index in [9.17, 15) is 4.79 Å². The van der Waals surface area contributed by atoms with E-state index in [0.29, 0.717) is 23.9 Å². The molecule has 5 aromatic rings. The number of amides is 2. The Labute approximate surface area is 256 Å². The van der Waals surface area contributed by atoms with Crippen molar-refractivity contribution in [1.29, 1.82) is 0 Å². The number of likely N-dealkylation sites (tertiary alicyclic amines) is 1. The number of carbonyl (C=O) groups is 1. The number of aromatic nitrogens is 3. The maximum absolute atomic E-state index is 12.5. The molecule has 3 aromatic heterocycles. The third-order valence-corrected chi connectivity index (χ3v) is 9.26. The number of piperidine rings is 1. The van der Waals surface area contributed by atoms with Crippen molar-refractivity contribution in [3.63, 3.8) is 0 Å². The number of rotatable bonds is 8. The molecule has 0 aliphatic carbocycles. The van der Waals surface area contributed by atoms with Gasteiger partial charge in [0.1, 0.15) is 18.1 Å². The van der Waals surface area contributed by atoms with Gasteiger partial charge < -0.3 is 14.6 Å². The van der Waals surface area contributed by atoms with Crippen LogP contribution >= 0.6 is 11.3 Å². The number of benzene rings is 2. The highest BCUT2D eigenvalue weighted by Gasteiger charge is 2.22. The van der Waals surface area contributed by atoms with Crippen LogP contribution in [0.2, 0.25) is 0 Å². The van der Waals surface area contributed by atoms with E-state index in [4.69, 9.17) is 14.2 Å². The highest BCUT2D eigenvalue weighted by atomic mass is 32.1. The lowest BCUT2D eigenvalue weighted by atomic mass is 9.87. The van der Waals surface area contributed by atoms with Crippen LogP contribution < -0.4 is 15.4 Å². The Morgan fingerprint density at radius 3 is 2.56 bits per heavy atom. The zero-order chi connectivity index (χ0) is 30.1. The normalized spacial score (nSPS) is 15.0. The van der Waals surface area contributed by atoms with Crippen LogP contribution in [0.4, 0.5) is 16.3 Å². The first-order valence-electron chi connectivity index (χ1n) is 15.0. The van der Waals surface area contributed by atoms with Gasteiger partial charge in [-0.05, 0) is 68.1 Å². The fourth-order valence-corrected chi connectivity index (χ4v) is 6.57. The van der Waals surface area contributed by atoms with Crippen LogP contribution in [-0.2, 0) is 5.41 Å². The van der Waals surface area contributed by atoms with Crippen molar-refractivity contribution in [1.82, 2.24) is 19.4 Å². The number of carbonyl (C=O) groups excluding carboxylic acids is 1. The van der Waals surface area contributed by atoms with Gasteiger partial charge in [-0.1, -0.05) is 63.2 Å². The Morgan fingerprint density at radius 2 is 1.86 bits per heavy atom. The van der Waals surface area contributed by atoms with E-state index >= 15 is 0 Å². The van der Waals surface area contributed by atoms with Crippen molar-refractivity contribution in [2.45, 2.75) is 52.9 Å². The molecular weight excluding hydrogens is 560 g/mol. The molecule has 10 heteroatoms. The lowest BCUT2D eigenvalue weighted by molar-refractivity contribution is 0.137. The number of ether oxygens (including phenoxy) is 1. The third kappa shape index (κ3) is 6.70. The van der Waals surface area contributed by atoms with E-state index in [1.54, 1.807) is 17.4 Å². The highest BCUT2D eigenvalue weighted by molar-refractivity contribution is 7.23. The first kappa shape index (κ1) is 29.2. The number of fused-ring (bicyclic) bond motifs is 3. The van der Waals surface area contributed by atoms with Gasteiger partial charge in [0.05, 0.1) is 15.9 Å². The van der Waals surface area contributed by atoms with Crippen LogP contribution in [0.5, 0.6) is 5.75 Å². The molecule has 2 N–H and O–H groups in total. The van der Waals surface area contributed by atoms with Crippen molar-refractivity contribution in [3.8, 4) is 17.0 Å². The second-order valence-corrected chi connectivity index (χ2v) is 13.8. The average molecular weight is 601 g/mol. The molecule has 226 valence electrons. The highest BCUT2D eigenvalue weighted by Crippen LogP contribution is 2.32. The first-order valence-corrected chi connectivity index (χ1v) is 15.9. The van der Waals surface area contributed by atoms with Gasteiger partial charge in [0.15, 0.2) is 10.8 Å². The van der Waals surface area contributed by atoms with Gasteiger partial charge in [-0.25, -0.2) is 9.78 Å². The summed E-state index contributed by atoms with van der Waals surface area (Å²) in [5.41, 5.74) is 3.44. The minimum Gasteiger partial charge on any atom is -0.492 e. The van der Waals surface area contributed by atoms with Gasteiger partial charge in [-0.2, -0.15) is 0 Å². The summed E-state index contributed by atoms with van der Waals surface area (Å²) in [4.78, 5) is 20.8. The summed E-state index contributed by atoms with van der Waals surface area (Å²) in [6, 6.07) is 15.3. The average Bonchev–Trinajstić information content (AvgIpc) is 3.69. The van der Waals surface area contributed by atoms with Gasteiger partial charge in [0.2, 0.25) is 0 Å². The van der Waals surface area contributed by atoms with E-state index < -0.39 is 0 Å². The molecule has 0 bridgehead atoms. The molecule has 6 rings (SSSR count). The van der Waals surface area contributed by atoms with Crippen molar-refractivity contribution in [2.75, 3.05) is 36.9 Å². The van der Waals surface area contributed by atoms with Crippen molar-refractivity contribution in [3.05, 3.63) is 60.5 Å². The number of thiazole rings is 1. The van der Waals surface area contributed by atoms with E-state index in [1.807, 2.05) is 51.1 Å². The monoisotopic (exact) mass is 600 g/mol. The lowest BCUT2D eigenvalue weighted by Gasteiger charge is -2.33. The van der Waals surface area contributed by atoms with Gasteiger partial charge in [0.25, 0.3) is 0 Å². The Balaban J connectivity index is 1.04. The molecule has 2 aromatic carbocycles. The number of hydrogen-bond acceptors (Lipinski definition) is 7. The maximum atomic E-state index is 12.5. The van der Waals surface area contributed by atoms with Gasteiger partial charge in [-0.3, -0.25) is 14.6 Å². The summed E-state index contributed by atoms with van der Waals surface area (Å²) in [7, 11) is 0. The molecular formula is C33H40N6O3S. The summed E-state index contributed by atoms with van der Waals surface area (Å²) < 4.78 is 14.7. The lowest BCUT2D eigenvalue weighted by Crippen LogP contribution is -2.37. The number of anilines is 2.